The van der Waals surface area contributed by atoms with E-state index < -0.39 is 23.3 Å². The number of hydrogen-bond acceptors (Lipinski definition) is 7. The standard InChI is InChI=1S/C20H24FIN4O5/c1-4-24-10-13(19(28)30-5-2)16(27)12-9-14(21)18(23-17(12)24)26-8-7-25(11-15(26)22)20(29)31-6-3/h9-10,15H,4-8,11H2,1-3H3. The SMILES string of the molecule is CCOC(=O)c1cn(CC)c2nc(N3CCN(C(=O)OCC)CC3I)c(F)cc2c1=O. The molecule has 0 saturated carbocycles. The summed E-state index contributed by atoms with van der Waals surface area (Å²) in [5, 5.41) is 0.0174. The number of fused-ring (bicyclic) bond motifs is 1. The number of carbonyl (C=O) groups is 2. The summed E-state index contributed by atoms with van der Waals surface area (Å²) in [6, 6.07) is 1.12. The van der Waals surface area contributed by atoms with Crippen molar-refractivity contribution < 1.29 is 23.5 Å². The topological polar surface area (TPSA) is 94.0 Å². The van der Waals surface area contributed by atoms with Crippen LogP contribution in [0.2, 0.25) is 0 Å². The van der Waals surface area contributed by atoms with E-state index in [1.54, 1.807) is 28.2 Å². The second kappa shape index (κ2) is 9.79. The van der Waals surface area contributed by atoms with E-state index in [4.69, 9.17) is 9.47 Å². The number of hydrogen-bond donors (Lipinski definition) is 0. The lowest BCUT2D eigenvalue weighted by Crippen LogP contribution is -2.53. The van der Waals surface area contributed by atoms with Gasteiger partial charge in [-0.25, -0.2) is 19.0 Å². The normalized spacial score (nSPS) is 16.5. The predicted molar refractivity (Wildman–Crippen MR) is 121 cm³/mol. The van der Waals surface area contributed by atoms with E-state index in [-0.39, 0.29) is 39.7 Å². The molecule has 0 aromatic carbocycles. The van der Waals surface area contributed by atoms with Crippen LogP contribution in [0.5, 0.6) is 0 Å². The van der Waals surface area contributed by atoms with E-state index in [1.165, 1.54) is 6.20 Å². The molecule has 0 N–H and O–H groups in total. The van der Waals surface area contributed by atoms with Crippen LogP contribution in [0.25, 0.3) is 11.0 Å². The molecule has 3 rings (SSSR count). The van der Waals surface area contributed by atoms with Crippen molar-refractivity contribution in [1.29, 1.82) is 0 Å². The number of amides is 1. The summed E-state index contributed by atoms with van der Waals surface area (Å²) in [6.07, 6.45) is 1.000. The largest absolute Gasteiger partial charge is 0.462 e. The van der Waals surface area contributed by atoms with Crippen LogP contribution in [0.15, 0.2) is 17.1 Å². The highest BCUT2D eigenvalue weighted by Crippen LogP contribution is 2.27. The van der Waals surface area contributed by atoms with Gasteiger partial charge in [0.05, 0.1) is 25.1 Å². The number of rotatable bonds is 5. The first-order chi connectivity index (χ1) is 14.8. The highest BCUT2D eigenvalue weighted by molar-refractivity contribution is 14.1. The molecular weight excluding hydrogens is 522 g/mol. The zero-order valence-corrected chi connectivity index (χ0v) is 19.7. The van der Waals surface area contributed by atoms with E-state index in [1.807, 2.05) is 6.92 Å². The van der Waals surface area contributed by atoms with Crippen molar-refractivity contribution in [2.24, 2.45) is 0 Å². The number of aromatic nitrogens is 2. The molecule has 0 aliphatic carbocycles. The Labute approximate surface area is 192 Å². The van der Waals surface area contributed by atoms with Crippen molar-refractivity contribution in [2.75, 3.05) is 37.7 Å². The molecule has 1 saturated heterocycles. The van der Waals surface area contributed by atoms with Crippen LogP contribution in [-0.2, 0) is 16.0 Å². The van der Waals surface area contributed by atoms with Gasteiger partial charge in [0.2, 0.25) is 5.43 Å². The fourth-order valence-corrected chi connectivity index (χ4v) is 4.45. The molecule has 2 aromatic rings. The van der Waals surface area contributed by atoms with E-state index in [9.17, 15) is 14.4 Å². The van der Waals surface area contributed by atoms with Crippen LogP contribution in [-0.4, -0.2) is 63.4 Å². The van der Waals surface area contributed by atoms with Gasteiger partial charge in [-0.05, 0) is 26.8 Å². The average molecular weight is 546 g/mol. The Bertz CT molecular complexity index is 1060. The summed E-state index contributed by atoms with van der Waals surface area (Å²) in [7, 11) is 0. The van der Waals surface area contributed by atoms with E-state index >= 15 is 4.39 Å². The Morgan fingerprint density at radius 2 is 1.94 bits per heavy atom. The van der Waals surface area contributed by atoms with Crippen LogP contribution in [0.4, 0.5) is 15.0 Å². The van der Waals surface area contributed by atoms with Crippen molar-refractivity contribution >= 4 is 51.5 Å². The van der Waals surface area contributed by atoms with Gasteiger partial charge in [0, 0.05) is 25.8 Å². The summed E-state index contributed by atoms with van der Waals surface area (Å²) in [6.45, 7) is 7.13. The molecule has 1 amide bonds. The lowest BCUT2D eigenvalue weighted by Gasteiger charge is -2.39. The van der Waals surface area contributed by atoms with Gasteiger partial charge in [0.1, 0.15) is 15.3 Å². The maximum atomic E-state index is 15.1. The maximum Gasteiger partial charge on any atom is 0.409 e. The third-order valence-electron chi connectivity index (χ3n) is 4.94. The number of pyridine rings is 2. The Kier molecular flexibility index (Phi) is 7.34. The second-order valence-corrected chi connectivity index (χ2v) is 8.25. The minimum absolute atomic E-state index is 0.0174. The summed E-state index contributed by atoms with van der Waals surface area (Å²) in [5.74, 6) is -1.32. The minimum atomic E-state index is -0.747. The Hall–Kier alpha value is -2.44. The summed E-state index contributed by atoms with van der Waals surface area (Å²) < 4.78 is 26.5. The van der Waals surface area contributed by atoms with Crippen molar-refractivity contribution in [3.63, 3.8) is 0 Å². The van der Waals surface area contributed by atoms with Crippen molar-refractivity contribution in [2.45, 2.75) is 31.4 Å². The van der Waals surface area contributed by atoms with Crippen molar-refractivity contribution in [3.05, 3.63) is 33.9 Å². The lowest BCUT2D eigenvalue weighted by atomic mass is 10.1. The molecule has 1 aliphatic rings. The quantitative estimate of drug-likeness (QED) is 0.247. The first-order valence-corrected chi connectivity index (χ1v) is 11.3. The number of alkyl halides is 1. The summed E-state index contributed by atoms with van der Waals surface area (Å²) in [4.78, 5) is 44.7. The first kappa shape index (κ1) is 23.2. The van der Waals surface area contributed by atoms with Crippen molar-refractivity contribution in [1.82, 2.24) is 14.5 Å². The summed E-state index contributed by atoms with van der Waals surface area (Å²) in [5.41, 5.74) is -0.484. The molecule has 1 atom stereocenters. The molecule has 31 heavy (non-hydrogen) atoms. The lowest BCUT2D eigenvalue weighted by molar-refractivity contribution is 0.0524. The Morgan fingerprint density at radius 3 is 2.55 bits per heavy atom. The monoisotopic (exact) mass is 546 g/mol. The number of esters is 1. The predicted octanol–water partition coefficient (Wildman–Crippen LogP) is 2.77. The molecule has 0 bridgehead atoms. The molecule has 1 unspecified atom stereocenters. The fraction of sp³-hybridized carbons (Fsp3) is 0.500. The number of halogens is 2. The second-order valence-electron chi connectivity index (χ2n) is 6.82. The molecule has 11 heteroatoms. The maximum absolute atomic E-state index is 15.1. The Balaban J connectivity index is 2.01. The van der Waals surface area contributed by atoms with Gasteiger partial charge in [-0.15, -0.1) is 0 Å². The molecule has 2 aromatic heterocycles. The van der Waals surface area contributed by atoms with Crippen LogP contribution >= 0.6 is 22.6 Å². The third-order valence-corrected chi connectivity index (χ3v) is 6.00. The van der Waals surface area contributed by atoms with Gasteiger partial charge in [0.15, 0.2) is 11.6 Å². The molecule has 1 fully saturated rings. The molecule has 0 radical (unpaired) electrons. The van der Waals surface area contributed by atoms with Crippen LogP contribution in [0.3, 0.4) is 0 Å². The summed E-state index contributed by atoms with van der Waals surface area (Å²) >= 11 is 2.13. The van der Waals surface area contributed by atoms with E-state index in [0.717, 1.165) is 6.07 Å². The molecule has 1 aliphatic heterocycles. The number of carbonyl (C=O) groups excluding carboxylic acids is 2. The number of aryl methyl sites for hydroxylation is 1. The molecule has 3 heterocycles. The fourth-order valence-electron chi connectivity index (χ4n) is 3.43. The van der Waals surface area contributed by atoms with Gasteiger partial charge in [-0.1, -0.05) is 22.6 Å². The molecule has 168 valence electrons. The number of piperazine rings is 1. The van der Waals surface area contributed by atoms with E-state index in [2.05, 4.69) is 27.6 Å². The first-order valence-electron chi connectivity index (χ1n) is 10.1. The molecular formula is C20H24FIN4O5. The average Bonchev–Trinajstić information content (AvgIpc) is 2.74. The van der Waals surface area contributed by atoms with E-state index in [0.29, 0.717) is 26.2 Å². The van der Waals surface area contributed by atoms with Gasteiger partial charge in [0.25, 0.3) is 0 Å². The van der Waals surface area contributed by atoms with Crippen molar-refractivity contribution in [3.8, 4) is 0 Å². The Morgan fingerprint density at radius 1 is 1.23 bits per heavy atom. The van der Waals surface area contributed by atoms with Gasteiger partial charge >= 0.3 is 12.1 Å². The highest BCUT2D eigenvalue weighted by atomic mass is 127. The number of nitrogens with zero attached hydrogens (tertiary/aromatic N) is 4. The number of ether oxygens (including phenoxy) is 2. The molecule has 9 nitrogen and oxygen atoms in total. The van der Waals surface area contributed by atoms with Crippen LogP contribution in [0.1, 0.15) is 31.1 Å². The van der Waals surface area contributed by atoms with Crippen LogP contribution < -0.4 is 10.3 Å². The van der Waals surface area contributed by atoms with Crippen LogP contribution in [0, 0.1) is 5.82 Å². The number of anilines is 1. The smallest absolute Gasteiger partial charge is 0.409 e. The zero-order valence-electron chi connectivity index (χ0n) is 17.6. The molecule has 0 spiro atoms. The third kappa shape index (κ3) is 4.60. The van der Waals surface area contributed by atoms with Gasteiger partial charge < -0.3 is 23.8 Å². The van der Waals surface area contributed by atoms with Gasteiger partial charge in [-0.3, -0.25) is 4.79 Å². The highest BCUT2D eigenvalue weighted by Gasteiger charge is 2.31. The zero-order chi connectivity index (χ0) is 22.7. The minimum Gasteiger partial charge on any atom is -0.462 e. The van der Waals surface area contributed by atoms with Gasteiger partial charge in [-0.2, -0.15) is 0 Å².